The molecule has 0 atom stereocenters. The molecule has 0 aliphatic heterocycles. The Morgan fingerprint density at radius 1 is 1.23 bits per heavy atom. The van der Waals surface area contributed by atoms with Crippen LogP contribution in [0.2, 0.25) is 5.02 Å². The van der Waals surface area contributed by atoms with Crippen LogP contribution in [0.15, 0.2) is 45.0 Å². The quantitative estimate of drug-likeness (QED) is 0.229. The van der Waals surface area contributed by atoms with Gasteiger partial charge in [0, 0.05) is 19.6 Å². The molecule has 0 bridgehead atoms. The van der Waals surface area contributed by atoms with E-state index in [4.69, 9.17) is 11.6 Å². The van der Waals surface area contributed by atoms with Gasteiger partial charge >= 0.3 is 5.69 Å². The normalized spacial score (nSPS) is 11.9. The predicted molar refractivity (Wildman–Crippen MR) is 130 cm³/mol. The highest BCUT2D eigenvalue weighted by Crippen LogP contribution is 2.27. The van der Waals surface area contributed by atoms with E-state index >= 15 is 4.39 Å². The van der Waals surface area contributed by atoms with Crippen LogP contribution >= 0.6 is 11.6 Å². The van der Waals surface area contributed by atoms with E-state index in [2.05, 4.69) is 5.10 Å². The van der Waals surface area contributed by atoms with Crippen LogP contribution in [-0.2, 0) is 4.79 Å². The van der Waals surface area contributed by atoms with Gasteiger partial charge in [-0.2, -0.15) is 5.10 Å². The van der Waals surface area contributed by atoms with Crippen molar-refractivity contribution in [2.45, 2.75) is 26.8 Å². The number of hydrogen-bond acceptors (Lipinski definition) is 6. The van der Waals surface area contributed by atoms with Gasteiger partial charge in [-0.15, -0.1) is 0 Å². The van der Waals surface area contributed by atoms with Crippen LogP contribution in [0.5, 0.6) is 0 Å². The number of amides is 1. The van der Waals surface area contributed by atoms with Crippen LogP contribution in [0.3, 0.4) is 0 Å². The summed E-state index contributed by atoms with van der Waals surface area (Å²) in [4.78, 5) is 39.0. The molecule has 0 aliphatic rings. The molecule has 1 aromatic heterocycles. The number of carbonyl (C=O) groups is 1. The highest BCUT2D eigenvalue weighted by molar-refractivity contribution is 6.32. The highest BCUT2D eigenvalue weighted by Gasteiger charge is 2.23. The van der Waals surface area contributed by atoms with E-state index in [1.807, 2.05) is 0 Å². The van der Waals surface area contributed by atoms with E-state index in [1.165, 1.54) is 29.8 Å². The second-order valence-corrected chi connectivity index (χ2v) is 8.27. The summed E-state index contributed by atoms with van der Waals surface area (Å²) in [7, 11) is 1.39. The Labute approximate surface area is 204 Å². The van der Waals surface area contributed by atoms with Crippen molar-refractivity contribution in [3.05, 3.63) is 67.8 Å². The van der Waals surface area contributed by atoms with Gasteiger partial charge in [-0.25, -0.2) is 18.1 Å². The molecular weight excluding hydrogens is 484 g/mol. The Bertz CT molecular complexity index is 1410. The maximum Gasteiger partial charge on any atom is 0.336 e. The van der Waals surface area contributed by atoms with Crippen LogP contribution in [0.1, 0.15) is 26.8 Å². The second-order valence-electron chi connectivity index (χ2n) is 7.87. The molecule has 9 nitrogen and oxygen atoms in total. The molecule has 0 saturated heterocycles. The third kappa shape index (κ3) is 4.69. The van der Waals surface area contributed by atoms with Crippen LogP contribution in [0, 0.1) is 11.6 Å². The minimum absolute atomic E-state index is 0.0321. The number of para-hydroxylation sites is 1. The van der Waals surface area contributed by atoms with Gasteiger partial charge in [0.1, 0.15) is 23.9 Å². The number of hydrazone groups is 1. The minimum Gasteiger partial charge on any atom is -0.388 e. The Balaban J connectivity index is 2.36. The smallest absolute Gasteiger partial charge is 0.336 e. The van der Waals surface area contributed by atoms with Crippen LogP contribution in [-0.4, -0.2) is 51.6 Å². The maximum atomic E-state index is 15.2. The first-order valence-electron chi connectivity index (χ1n) is 10.7. The number of benzene rings is 2. The number of halogens is 3. The summed E-state index contributed by atoms with van der Waals surface area (Å²) in [6.07, 6.45) is 0.479. The van der Waals surface area contributed by atoms with Gasteiger partial charge in [-0.05, 0) is 45.0 Å². The van der Waals surface area contributed by atoms with Gasteiger partial charge in [0.15, 0.2) is 5.84 Å². The highest BCUT2D eigenvalue weighted by atomic mass is 35.5. The lowest BCUT2D eigenvalue weighted by molar-refractivity contribution is -0.114. The lowest BCUT2D eigenvalue weighted by atomic mass is 10.1. The number of fused-ring (bicyclic) bond motifs is 1. The fraction of sp³-hybridized carbons (Fsp3) is 0.304. The molecule has 186 valence electrons. The molecule has 0 saturated carbocycles. The minimum atomic E-state index is -0.945. The van der Waals surface area contributed by atoms with Gasteiger partial charge in [-0.1, -0.05) is 17.7 Å². The maximum absolute atomic E-state index is 15.2. The Morgan fingerprint density at radius 3 is 2.46 bits per heavy atom. The number of aliphatic hydroxyl groups excluding tert-OH is 1. The molecule has 1 amide bonds. The molecular formula is C23H24ClF2N5O4. The van der Waals surface area contributed by atoms with E-state index in [0.717, 1.165) is 22.0 Å². The molecule has 0 aliphatic carbocycles. The Morgan fingerprint density at radius 2 is 1.91 bits per heavy atom. The zero-order chi connectivity index (χ0) is 26.0. The number of likely N-dealkylation sites (N-methyl/N-ethyl adjacent to an activating group) is 1. The fourth-order valence-corrected chi connectivity index (χ4v) is 3.96. The molecule has 0 radical (unpaired) electrons. The van der Waals surface area contributed by atoms with Gasteiger partial charge in [-0.3, -0.25) is 24.1 Å². The number of nitrogens with zero attached hydrogens (tertiary/aromatic N) is 5. The number of aromatic nitrogens is 2. The zero-order valence-corrected chi connectivity index (χ0v) is 20.3. The Kier molecular flexibility index (Phi) is 7.71. The SMILES string of the molecule is CCN(C=O)/C(CO)=N\N(C)c1cc2c(cc1F)c(=O)n(-c1c(F)cccc1Cl)c(=O)n2C(C)C. The molecule has 1 heterocycles. The monoisotopic (exact) mass is 507 g/mol. The summed E-state index contributed by atoms with van der Waals surface area (Å²) in [6.45, 7) is 4.66. The number of rotatable bonds is 7. The van der Waals surface area contributed by atoms with Crippen LogP contribution in [0.25, 0.3) is 16.6 Å². The van der Waals surface area contributed by atoms with Crippen molar-refractivity contribution < 1.29 is 18.7 Å². The second kappa shape index (κ2) is 10.4. The average Bonchev–Trinajstić information content (AvgIpc) is 2.80. The van der Waals surface area contributed by atoms with Gasteiger partial charge < -0.3 is 5.11 Å². The topological polar surface area (TPSA) is 100 Å². The number of hydrogen-bond donors (Lipinski definition) is 1. The summed E-state index contributed by atoms with van der Waals surface area (Å²) in [5.41, 5.74) is -2.26. The van der Waals surface area contributed by atoms with Crippen molar-refractivity contribution in [2.75, 3.05) is 25.2 Å². The molecule has 1 N–H and O–H groups in total. The average molecular weight is 508 g/mol. The van der Waals surface area contributed by atoms with Gasteiger partial charge in [0.05, 0.1) is 21.6 Å². The Hall–Kier alpha value is -3.57. The van der Waals surface area contributed by atoms with E-state index in [9.17, 15) is 23.9 Å². The first kappa shape index (κ1) is 26.0. The van der Waals surface area contributed by atoms with Crippen molar-refractivity contribution in [3.8, 4) is 5.69 Å². The standard InChI is InChI=1S/C23H24ClF2N5O4/c1-5-29(12-33)20(11-32)27-28(4)19-10-18-14(9-17(19)26)22(34)31(23(35)30(18)13(2)3)21-15(24)7-6-8-16(21)25/h6-10,12-13,32H,5,11H2,1-4H3/b27-20-. The third-order valence-electron chi connectivity index (χ3n) is 5.39. The molecule has 3 aromatic rings. The summed E-state index contributed by atoms with van der Waals surface area (Å²) in [5, 5.41) is 14.4. The fourth-order valence-electron chi connectivity index (χ4n) is 3.71. The molecule has 0 unspecified atom stereocenters. The number of carbonyl (C=O) groups excluding carboxylic acids is 1. The lowest BCUT2D eigenvalue weighted by Crippen LogP contribution is -2.40. The van der Waals surface area contributed by atoms with Crippen molar-refractivity contribution in [1.29, 1.82) is 0 Å². The molecule has 0 spiro atoms. The van der Waals surface area contributed by atoms with E-state index in [-0.39, 0.29) is 34.0 Å². The molecule has 3 rings (SSSR count). The third-order valence-corrected chi connectivity index (χ3v) is 5.69. The summed E-state index contributed by atoms with van der Waals surface area (Å²) < 4.78 is 31.6. The summed E-state index contributed by atoms with van der Waals surface area (Å²) >= 11 is 6.11. The van der Waals surface area contributed by atoms with Crippen molar-refractivity contribution in [2.24, 2.45) is 5.10 Å². The van der Waals surface area contributed by atoms with Gasteiger partial charge in [0.25, 0.3) is 5.56 Å². The zero-order valence-electron chi connectivity index (χ0n) is 19.5. The first-order chi connectivity index (χ1) is 16.6. The summed E-state index contributed by atoms with van der Waals surface area (Å²) in [5.74, 6) is -1.78. The van der Waals surface area contributed by atoms with Crippen LogP contribution < -0.4 is 16.3 Å². The lowest BCUT2D eigenvalue weighted by Gasteiger charge is -2.22. The number of anilines is 1. The number of amidine groups is 1. The molecule has 2 aromatic carbocycles. The molecule has 12 heteroatoms. The first-order valence-corrected chi connectivity index (χ1v) is 11.0. The number of aliphatic hydroxyl groups is 1. The van der Waals surface area contributed by atoms with Gasteiger partial charge in [0.2, 0.25) is 6.41 Å². The predicted octanol–water partition coefficient (Wildman–Crippen LogP) is 2.89. The van der Waals surface area contributed by atoms with Crippen LogP contribution in [0.4, 0.5) is 14.5 Å². The summed E-state index contributed by atoms with van der Waals surface area (Å²) in [6, 6.07) is 5.42. The molecule has 0 fully saturated rings. The van der Waals surface area contributed by atoms with E-state index in [0.29, 0.717) is 11.0 Å². The van der Waals surface area contributed by atoms with Crippen molar-refractivity contribution in [3.63, 3.8) is 0 Å². The van der Waals surface area contributed by atoms with Crippen molar-refractivity contribution >= 4 is 40.4 Å². The van der Waals surface area contributed by atoms with E-state index < -0.39 is 41.2 Å². The molecule has 35 heavy (non-hydrogen) atoms. The van der Waals surface area contributed by atoms with E-state index in [1.54, 1.807) is 20.8 Å². The van der Waals surface area contributed by atoms with Crippen molar-refractivity contribution in [1.82, 2.24) is 14.0 Å². The largest absolute Gasteiger partial charge is 0.388 e.